The van der Waals surface area contributed by atoms with E-state index in [0.29, 0.717) is 32.6 Å². The summed E-state index contributed by atoms with van der Waals surface area (Å²) in [4.78, 5) is 39.7. The van der Waals surface area contributed by atoms with Gasteiger partial charge in [-0.15, -0.1) is 0 Å². The molecule has 140 valence electrons. The van der Waals surface area contributed by atoms with Gasteiger partial charge in [0.1, 0.15) is 5.60 Å². The number of piperazine rings is 1. The van der Waals surface area contributed by atoms with Gasteiger partial charge in [-0.1, -0.05) is 0 Å². The molecule has 8 heteroatoms. The maximum absolute atomic E-state index is 12.9. The molecular weight excluding hydrogens is 328 g/mol. The van der Waals surface area contributed by atoms with Gasteiger partial charge in [-0.25, -0.2) is 4.79 Å². The number of ether oxygens (including phenoxy) is 2. The predicted molar refractivity (Wildman–Crippen MR) is 86.9 cm³/mol. The number of carbonyl (C=O) groups excluding carboxylic acids is 2. The molecule has 0 spiro atoms. The summed E-state index contributed by atoms with van der Waals surface area (Å²) >= 11 is 0. The molecule has 0 aromatic carbocycles. The molecule has 1 N–H and O–H groups in total. The molecular formula is C17H26N2O6. The van der Waals surface area contributed by atoms with Crippen molar-refractivity contribution in [2.24, 2.45) is 11.8 Å². The molecule has 3 rings (SSSR count). The van der Waals surface area contributed by atoms with Crippen molar-refractivity contribution in [2.75, 3.05) is 26.2 Å². The van der Waals surface area contributed by atoms with Crippen molar-refractivity contribution in [1.82, 2.24) is 9.80 Å². The fraction of sp³-hybridized carbons (Fsp3) is 0.824. The fourth-order valence-corrected chi connectivity index (χ4v) is 3.95. The Bertz CT molecular complexity index is 564. The smallest absolute Gasteiger partial charge is 0.410 e. The van der Waals surface area contributed by atoms with Crippen molar-refractivity contribution in [2.45, 2.75) is 51.4 Å². The summed E-state index contributed by atoms with van der Waals surface area (Å²) in [5, 5.41) is 9.46. The van der Waals surface area contributed by atoms with Gasteiger partial charge < -0.3 is 24.4 Å². The molecule has 3 fully saturated rings. The van der Waals surface area contributed by atoms with Crippen LogP contribution in [0.3, 0.4) is 0 Å². The van der Waals surface area contributed by atoms with Gasteiger partial charge in [0, 0.05) is 26.2 Å². The van der Waals surface area contributed by atoms with Crippen LogP contribution in [0.5, 0.6) is 0 Å². The molecule has 2 bridgehead atoms. The first kappa shape index (κ1) is 18.0. The van der Waals surface area contributed by atoms with E-state index in [1.165, 1.54) is 0 Å². The molecule has 2 amide bonds. The van der Waals surface area contributed by atoms with Crippen LogP contribution in [-0.4, -0.2) is 76.9 Å². The minimum atomic E-state index is -0.960. The number of hydrogen-bond acceptors (Lipinski definition) is 5. The van der Waals surface area contributed by atoms with E-state index < -0.39 is 23.4 Å². The second kappa shape index (κ2) is 6.48. The Labute approximate surface area is 147 Å². The molecule has 0 saturated carbocycles. The number of rotatable bonds is 2. The van der Waals surface area contributed by atoms with Crippen LogP contribution >= 0.6 is 0 Å². The molecule has 3 aliphatic heterocycles. The predicted octanol–water partition coefficient (Wildman–Crippen LogP) is 0.944. The average molecular weight is 354 g/mol. The highest BCUT2D eigenvalue weighted by Gasteiger charge is 2.56. The summed E-state index contributed by atoms with van der Waals surface area (Å²) in [5.74, 6) is -2.49. The summed E-state index contributed by atoms with van der Waals surface area (Å²) in [6, 6.07) is 0. The van der Waals surface area contributed by atoms with Crippen molar-refractivity contribution in [1.29, 1.82) is 0 Å². The lowest BCUT2D eigenvalue weighted by molar-refractivity contribution is -0.151. The highest BCUT2D eigenvalue weighted by molar-refractivity contribution is 5.87. The third-order valence-electron chi connectivity index (χ3n) is 5.09. The lowest BCUT2D eigenvalue weighted by Gasteiger charge is -2.38. The molecule has 25 heavy (non-hydrogen) atoms. The number of carboxylic acid groups (broad SMARTS) is 1. The molecule has 3 aliphatic rings. The Balaban J connectivity index is 1.59. The molecule has 0 aliphatic carbocycles. The summed E-state index contributed by atoms with van der Waals surface area (Å²) in [7, 11) is 0. The standard InChI is InChI=1S/C17H26N2O6/c1-17(2,3)25-16(23)19-8-6-18(7-9-19)14(20)12-10-4-5-11(24-10)13(12)15(21)22/h10-13H,4-9H2,1-3H3,(H,21,22)/t10-,11-,12?,13?/m1/s1. The SMILES string of the molecule is CC(C)(C)OC(=O)N1CCN(C(=O)C2C(C(=O)O)[C@H]3CC[C@H]2O3)CC1. The first-order valence-electron chi connectivity index (χ1n) is 8.82. The second-order valence-electron chi connectivity index (χ2n) is 7.97. The van der Waals surface area contributed by atoms with Gasteiger partial charge in [0.2, 0.25) is 5.91 Å². The fourth-order valence-electron chi connectivity index (χ4n) is 3.95. The Morgan fingerprint density at radius 1 is 0.960 bits per heavy atom. The molecule has 0 aromatic rings. The Hall–Kier alpha value is -1.83. The summed E-state index contributed by atoms with van der Waals surface area (Å²) in [5.41, 5.74) is -0.556. The van der Waals surface area contributed by atoms with Crippen molar-refractivity contribution < 1.29 is 29.0 Å². The maximum Gasteiger partial charge on any atom is 0.410 e. The summed E-state index contributed by atoms with van der Waals surface area (Å²) in [6.07, 6.45) is 0.425. The number of aliphatic carboxylic acids is 1. The van der Waals surface area contributed by atoms with Gasteiger partial charge in [0.25, 0.3) is 0 Å². The quantitative estimate of drug-likeness (QED) is 0.793. The van der Waals surface area contributed by atoms with Crippen LogP contribution in [0.1, 0.15) is 33.6 Å². The molecule has 3 saturated heterocycles. The number of amides is 2. The van der Waals surface area contributed by atoms with Gasteiger partial charge in [0.05, 0.1) is 24.0 Å². The van der Waals surface area contributed by atoms with E-state index in [-0.39, 0.29) is 24.2 Å². The van der Waals surface area contributed by atoms with E-state index in [4.69, 9.17) is 9.47 Å². The number of carboxylic acids is 1. The monoisotopic (exact) mass is 354 g/mol. The highest BCUT2D eigenvalue weighted by Crippen LogP contribution is 2.44. The summed E-state index contributed by atoms with van der Waals surface area (Å²) in [6.45, 7) is 6.99. The lowest BCUT2D eigenvalue weighted by atomic mass is 9.78. The van der Waals surface area contributed by atoms with E-state index in [0.717, 1.165) is 6.42 Å². The number of carbonyl (C=O) groups is 3. The lowest BCUT2D eigenvalue weighted by Crippen LogP contribution is -2.55. The van der Waals surface area contributed by atoms with Gasteiger partial charge >= 0.3 is 12.1 Å². The molecule has 8 nitrogen and oxygen atoms in total. The maximum atomic E-state index is 12.9. The zero-order valence-electron chi connectivity index (χ0n) is 14.9. The molecule has 0 aromatic heterocycles. The minimum Gasteiger partial charge on any atom is -0.481 e. The highest BCUT2D eigenvalue weighted by atomic mass is 16.6. The van der Waals surface area contributed by atoms with Gasteiger partial charge in [0.15, 0.2) is 0 Å². The van der Waals surface area contributed by atoms with Gasteiger partial charge in [-0.3, -0.25) is 9.59 Å². The third-order valence-corrected chi connectivity index (χ3v) is 5.09. The van der Waals surface area contributed by atoms with Crippen LogP contribution in [0, 0.1) is 11.8 Å². The van der Waals surface area contributed by atoms with Crippen LogP contribution in [0.25, 0.3) is 0 Å². The van der Waals surface area contributed by atoms with Crippen molar-refractivity contribution in [3.63, 3.8) is 0 Å². The van der Waals surface area contributed by atoms with E-state index in [1.54, 1.807) is 9.80 Å². The molecule has 4 atom stereocenters. The first-order valence-corrected chi connectivity index (χ1v) is 8.82. The molecule has 0 radical (unpaired) electrons. The largest absolute Gasteiger partial charge is 0.481 e. The third kappa shape index (κ3) is 3.58. The minimum absolute atomic E-state index is 0.163. The van der Waals surface area contributed by atoms with E-state index in [2.05, 4.69) is 0 Å². The van der Waals surface area contributed by atoms with Crippen LogP contribution in [0.15, 0.2) is 0 Å². The van der Waals surface area contributed by atoms with Crippen LogP contribution in [0.4, 0.5) is 4.79 Å². The summed E-state index contributed by atoms with van der Waals surface area (Å²) < 4.78 is 11.0. The van der Waals surface area contributed by atoms with Gasteiger partial charge in [-0.2, -0.15) is 0 Å². The zero-order valence-corrected chi connectivity index (χ0v) is 14.9. The van der Waals surface area contributed by atoms with E-state index >= 15 is 0 Å². The zero-order chi connectivity index (χ0) is 18.4. The number of hydrogen-bond donors (Lipinski definition) is 1. The van der Waals surface area contributed by atoms with E-state index in [9.17, 15) is 19.5 Å². The number of fused-ring (bicyclic) bond motifs is 2. The molecule has 2 unspecified atom stereocenters. The Morgan fingerprint density at radius 3 is 2.00 bits per heavy atom. The van der Waals surface area contributed by atoms with Crippen molar-refractivity contribution in [3.05, 3.63) is 0 Å². The molecule has 3 heterocycles. The van der Waals surface area contributed by atoms with Crippen LogP contribution in [-0.2, 0) is 19.1 Å². The normalized spacial score (nSPS) is 32.0. The topological polar surface area (TPSA) is 96.4 Å². The van der Waals surface area contributed by atoms with Crippen molar-refractivity contribution >= 4 is 18.0 Å². The average Bonchev–Trinajstić information content (AvgIpc) is 3.13. The first-order chi connectivity index (χ1) is 11.7. The van der Waals surface area contributed by atoms with Crippen LogP contribution < -0.4 is 0 Å². The van der Waals surface area contributed by atoms with E-state index in [1.807, 2.05) is 20.8 Å². The second-order valence-corrected chi connectivity index (χ2v) is 7.97. The number of nitrogens with zero attached hydrogens (tertiary/aromatic N) is 2. The Morgan fingerprint density at radius 2 is 1.48 bits per heavy atom. The van der Waals surface area contributed by atoms with Crippen molar-refractivity contribution in [3.8, 4) is 0 Å². The van der Waals surface area contributed by atoms with Gasteiger partial charge in [-0.05, 0) is 33.6 Å². The van der Waals surface area contributed by atoms with Crippen LogP contribution in [0.2, 0.25) is 0 Å². The Kier molecular flexibility index (Phi) is 4.66.